The minimum absolute atomic E-state index is 0.218. The summed E-state index contributed by atoms with van der Waals surface area (Å²) < 4.78 is 2.33. The van der Waals surface area contributed by atoms with Crippen LogP contribution < -0.4 is 16.0 Å². The number of anilines is 1. The van der Waals surface area contributed by atoms with Gasteiger partial charge in [0.25, 0.3) is 5.91 Å². The molecule has 6 nitrogen and oxygen atoms in total. The van der Waals surface area contributed by atoms with Crippen LogP contribution in [0.1, 0.15) is 23.7 Å². The minimum Gasteiger partial charge on any atom is -0.478 e. The third-order valence-corrected chi connectivity index (χ3v) is 6.25. The van der Waals surface area contributed by atoms with Crippen molar-refractivity contribution in [2.45, 2.75) is 19.0 Å². The Kier molecular flexibility index (Phi) is 8.68. The highest BCUT2D eigenvalue weighted by atomic mass is 127. The van der Waals surface area contributed by atoms with Crippen molar-refractivity contribution >= 4 is 85.3 Å². The normalized spacial score (nSPS) is 13.0. The Bertz CT molecular complexity index is 661. The molecule has 24 heavy (non-hydrogen) atoms. The van der Waals surface area contributed by atoms with Crippen molar-refractivity contribution in [3.8, 4) is 0 Å². The van der Waals surface area contributed by atoms with E-state index in [1.54, 1.807) is 20.0 Å². The van der Waals surface area contributed by atoms with Gasteiger partial charge in [0.2, 0.25) is 0 Å². The van der Waals surface area contributed by atoms with E-state index in [0.29, 0.717) is 27.8 Å². The quantitative estimate of drug-likeness (QED) is 0.194. The first-order valence-corrected chi connectivity index (χ1v) is 10.2. The zero-order chi connectivity index (χ0) is 18.5. The van der Waals surface area contributed by atoms with Crippen molar-refractivity contribution in [2.75, 3.05) is 18.9 Å². The number of nitrogens with one attached hydrogen (secondary N) is 3. The maximum absolute atomic E-state index is 12.4. The molecule has 1 amide bonds. The van der Waals surface area contributed by atoms with Gasteiger partial charge in [0.1, 0.15) is 0 Å². The van der Waals surface area contributed by atoms with Crippen molar-refractivity contribution in [1.82, 2.24) is 10.6 Å². The number of halogens is 3. The van der Waals surface area contributed by atoms with Crippen LogP contribution in [0.4, 0.5) is 5.69 Å². The van der Waals surface area contributed by atoms with Gasteiger partial charge < -0.3 is 15.7 Å². The molecular formula is C15H18I3N3O3. The summed E-state index contributed by atoms with van der Waals surface area (Å²) in [5.41, 5.74) is -0.159. The molecule has 0 heterocycles. The van der Waals surface area contributed by atoms with Crippen molar-refractivity contribution in [1.29, 1.82) is 0 Å². The minimum atomic E-state index is -1.30. The van der Waals surface area contributed by atoms with Gasteiger partial charge >= 0.3 is 5.97 Å². The third-order valence-electron chi connectivity index (χ3n) is 3.46. The zero-order valence-corrected chi connectivity index (χ0v) is 19.6. The van der Waals surface area contributed by atoms with Gasteiger partial charge in [0.05, 0.1) is 14.8 Å². The molecule has 0 fully saturated rings. The van der Waals surface area contributed by atoms with E-state index in [2.05, 4.69) is 90.3 Å². The smallest absolute Gasteiger partial charge is 0.344 e. The second-order valence-corrected chi connectivity index (χ2v) is 8.25. The molecule has 4 N–H and O–H groups in total. The number of hydrogen-bond donors (Lipinski definition) is 4. The lowest BCUT2D eigenvalue weighted by Gasteiger charge is -2.31. The van der Waals surface area contributed by atoms with Crippen molar-refractivity contribution < 1.29 is 14.7 Å². The van der Waals surface area contributed by atoms with E-state index < -0.39 is 11.6 Å². The molecule has 1 rings (SSSR count). The molecule has 0 aliphatic carbocycles. The predicted molar refractivity (Wildman–Crippen MR) is 120 cm³/mol. The molecule has 1 atom stereocenters. The number of carboxylic acid groups (broad SMARTS) is 1. The first-order valence-electron chi connectivity index (χ1n) is 7.01. The van der Waals surface area contributed by atoms with Gasteiger partial charge in [0, 0.05) is 13.7 Å². The van der Waals surface area contributed by atoms with Crippen LogP contribution in [0, 0.1) is 10.7 Å². The van der Waals surface area contributed by atoms with Crippen molar-refractivity contribution in [3.05, 3.63) is 35.0 Å². The average molecular weight is 669 g/mol. The number of carboxylic acids is 1. The molecule has 1 aromatic rings. The molecule has 0 radical (unpaired) electrons. The van der Waals surface area contributed by atoms with Crippen LogP contribution in [0.15, 0.2) is 18.7 Å². The van der Waals surface area contributed by atoms with Gasteiger partial charge in [-0.2, -0.15) is 0 Å². The van der Waals surface area contributed by atoms with E-state index in [1.807, 2.05) is 6.07 Å². The van der Waals surface area contributed by atoms with E-state index in [-0.39, 0.29) is 5.91 Å². The number of benzene rings is 1. The van der Waals surface area contributed by atoms with Crippen LogP contribution in [-0.2, 0) is 4.79 Å². The highest BCUT2D eigenvalue weighted by molar-refractivity contribution is 14.1. The van der Waals surface area contributed by atoms with Crippen LogP contribution in [0.5, 0.6) is 0 Å². The van der Waals surface area contributed by atoms with Crippen LogP contribution in [0.2, 0.25) is 0 Å². The standard InChI is InChI=1S/C15H18I3N3O3/c1-4-6-20-13(22)10-8(16)7-9(17)12(11(10)18)21-15(5-2,19-3)14(23)24/h4,7,19,21H,1,5-6H2,2-3H3,(H,20,22)(H,23,24). The molecule has 0 saturated heterocycles. The number of carbonyl (C=O) groups excluding carboxylic acids is 1. The average Bonchev–Trinajstić information content (AvgIpc) is 2.53. The van der Waals surface area contributed by atoms with E-state index in [0.717, 1.165) is 7.14 Å². The Morgan fingerprint density at radius 2 is 1.96 bits per heavy atom. The largest absolute Gasteiger partial charge is 0.478 e. The van der Waals surface area contributed by atoms with Gasteiger partial charge in [-0.25, -0.2) is 4.79 Å². The number of aliphatic carboxylic acids is 1. The van der Waals surface area contributed by atoms with E-state index in [1.165, 1.54) is 0 Å². The Balaban J connectivity index is 3.42. The Hall–Kier alpha value is -0.150. The van der Waals surface area contributed by atoms with Gasteiger partial charge in [-0.05, 0) is 87.3 Å². The van der Waals surface area contributed by atoms with Crippen LogP contribution in [-0.4, -0.2) is 36.2 Å². The lowest BCUT2D eigenvalue weighted by molar-refractivity contribution is -0.143. The SMILES string of the molecule is C=CCNC(=O)c1c(I)cc(I)c(NC(CC)(NC)C(=O)O)c1I. The van der Waals surface area contributed by atoms with E-state index in [9.17, 15) is 14.7 Å². The summed E-state index contributed by atoms with van der Waals surface area (Å²) in [5.74, 6) is -1.22. The summed E-state index contributed by atoms with van der Waals surface area (Å²) in [6.07, 6.45) is 1.94. The molecule has 0 aliphatic rings. The molecule has 0 bridgehead atoms. The summed E-state index contributed by atoms with van der Waals surface area (Å²) in [7, 11) is 1.59. The molecule has 1 unspecified atom stereocenters. The van der Waals surface area contributed by atoms with E-state index >= 15 is 0 Å². The lowest BCUT2D eigenvalue weighted by atomic mass is 10.1. The highest BCUT2D eigenvalue weighted by Gasteiger charge is 2.36. The fourth-order valence-corrected chi connectivity index (χ4v) is 6.15. The topological polar surface area (TPSA) is 90.5 Å². The van der Waals surface area contributed by atoms with Gasteiger partial charge in [-0.15, -0.1) is 6.58 Å². The van der Waals surface area contributed by atoms with Crippen LogP contribution in [0.3, 0.4) is 0 Å². The lowest BCUT2D eigenvalue weighted by Crippen LogP contribution is -2.56. The molecule has 0 saturated carbocycles. The Morgan fingerprint density at radius 1 is 1.33 bits per heavy atom. The number of hydrogen-bond acceptors (Lipinski definition) is 4. The number of likely N-dealkylation sites (N-methyl/N-ethyl adjacent to an activating group) is 1. The molecule has 0 aliphatic heterocycles. The summed E-state index contributed by atoms with van der Waals surface area (Å²) in [4.78, 5) is 24.1. The maximum atomic E-state index is 12.4. The number of amides is 1. The fourth-order valence-electron chi connectivity index (χ4n) is 2.02. The van der Waals surface area contributed by atoms with Crippen molar-refractivity contribution in [3.63, 3.8) is 0 Å². The zero-order valence-electron chi connectivity index (χ0n) is 13.2. The van der Waals surface area contributed by atoms with Crippen LogP contribution in [0.25, 0.3) is 0 Å². The summed E-state index contributed by atoms with van der Waals surface area (Å²) in [6.45, 7) is 5.73. The molecule has 132 valence electrons. The molecule has 0 spiro atoms. The molecule has 0 aromatic heterocycles. The van der Waals surface area contributed by atoms with Crippen molar-refractivity contribution in [2.24, 2.45) is 0 Å². The second-order valence-electron chi connectivity index (χ2n) is 4.84. The predicted octanol–water partition coefficient (Wildman–Crippen LogP) is 3.24. The van der Waals surface area contributed by atoms with Gasteiger partial charge in [-0.3, -0.25) is 10.1 Å². The summed E-state index contributed by atoms with van der Waals surface area (Å²) in [5, 5.41) is 18.3. The molecule has 9 heteroatoms. The Labute approximate surface area is 182 Å². The first kappa shape index (κ1) is 21.9. The molecular weight excluding hydrogens is 651 g/mol. The van der Waals surface area contributed by atoms with Gasteiger partial charge in [-0.1, -0.05) is 13.0 Å². The summed E-state index contributed by atoms with van der Waals surface area (Å²) in [6, 6.07) is 1.85. The van der Waals surface area contributed by atoms with Crippen LogP contribution >= 0.6 is 67.8 Å². The third kappa shape index (κ3) is 4.72. The monoisotopic (exact) mass is 669 g/mol. The maximum Gasteiger partial charge on any atom is 0.344 e. The molecule has 1 aromatic carbocycles. The second kappa shape index (κ2) is 9.52. The fraction of sp³-hybridized carbons (Fsp3) is 0.333. The first-order chi connectivity index (χ1) is 11.2. The summed E-state index contributed by atoms with van der Waals surface area (Å²) >= 11 is 6.32. The highest BCUT2D eigenvalue weighted by Crippen LogP contribution is 2.33. The Morgan fingerprint density at radius 3 is 2.42 bits per heavy atom. The van der Waals surface area contributed by atoms with Gasteiger partial charge in [0.15, 0.2) is 5.66 Å². The number of carbonyl (C=O) groups is 2. The van der Waals surface area contributed by atoms with E-state index in [4.69, 9.17) is 0 Å². The number of rotatable bonds is 8.